The van der Waals surface area contributed by atoms with Gasteiger partial charge in [-0.05, 0) is 39.9 Å². The van der Waals surface area contributed by atoms with E-state index >= 15 is 0 Å². The first-order valence-electron chi connectivity index (χ1n) is 6.36. The number of ether oxygens (including phenoxy) is 1. The summed E-state index contributed by atoms with van der Waals surface area (Å²) < 4.78 is 10.4. The second-order valence-electron chi connectivity index (χ2n) is 4.41. The molecule has 2 rings (SSSR count). The lowest BCUT2D eigenvalue weighted by Gasteiger charge is -2.13. The van der Waals surface area contributed by atoms with Crippen molar-refractivity contribution in [1.82, 2.24) is 19.3 Å². The summed E-state index contributed by atoms with van der Waals surface area (Å²) in [7, 11) is 0. The predicted molar refractivity (Wildman–Crippen MR) is 74.4 cm³/mol. The Hall–Kier alpha value is -1.14. The van der Waals surface area contributed by atoms with Gasteiger partial charge in [0.2, 0.25) is 0 Å². The maximum atomic E-state index is 5.59. The topological polar surface area (TPSA) is 47.8 Å². The third-order valence-electron chi connectivity index (χ3n) is 3.02. The van der Waals surface area contributed by atoms with Crippen LogP contribution in [0.25, 0.3) is 11.2 Å². The highest BCUT2D eigenvalue weighted by Gasteiger charge is 2.15. The maximum absolute atomic E-state index is 5.59. The van der Waals surface area contributed by atoms with E-state index < -0.39 is 0 Å². The first-order chi connectivity index (χ1) is 8.58. The van der Waals surface area contributed by atoms with Crippen molar-refractivity contribution in [3.05, 3.63) is 10.5 Å². The molecule has 0 aromatic carbocycles. The minimum atomic E-state index is 0.140. The van der Waals surface area contributed by atoms with E-state index in [-0.39, 0.29) is 6.10 Å². The SMILES string of the molecule is CCOC(C)Cn1c(=S)[nH]c2c(C)nn(CC)c21. The lowest BCUT2D eigenvalue weighted by atomic mass is 10.4. The van der Waals surface area contributed by atoms with Gasteiger partial charge in [-0.1, -0.05) is 0 Å². The molecule has 6 heteroatoms. The molecular formula is C12H20N4OS. The van der Waals surface area contributed by atoms with Gasteiger partial charge in [0.05, 0.1) is 18.3 Å². The van der Waals surface area contributed by atoms with Crippen molar-refractivity contribution >= 4 is 23.4 Å². The highest BCUT2D eigenvalue weighted by atomic mass is 32.1. The average Bonchev–Trinajstić information content (AvgIpc) is 2.79. The Bertz CT molecular complexity index is 595. The number of aromatic nitrogens is 4. The second-order valence-corrected chi connectivity index (χ2v) is 4.79. The van der Waals surface area contributed by atoms with E-state index in [4.69, 9.17) is 17.0 Å². The number of imidazole rings is 1. The number of fused-ring (bicyclic) bond motifs is 1. The molecule has 100 valence electrons. The number of hydrogen-bond donors (Lipinski definition) is 1. The number of hydrogen-bond acceptors (Lipinski definition) is 3. The van der Waals surface area contributed by atoms with Crippen molar-refractivity contribution in [1.29, 1.82) is 0 Å². The molecule has 0 aliphatic carbocycles. The van der Waals surface area contributed by atoms with E-state index in [1.807, 2.05) is 18.5 Å². The molecule has 0 saturated carbocycles. The number of aryl methyl sites for hydroxylation is 2. The van der Waals surface area contributed by atoms with Crippen LogP contribution in [-0.4, -0.2) is 32.0 Å². The zero-order valence-electron chi connectivity index (χ0n) is 11.4. The minimum Gasteiger partial charge on any atom is -0.377 e. The summed E-state index contributed by atoms with van der Waals surface area (Å²) in [5.74, 6) is 0. The molecule has 0 aliphatic heterocycles. The molecule has 0 saturated heterocycles. The van der Waals surface area contributed by atoms with Crippen molar-refractivity contribution in [3.63, 3.8) is 0 Å². The highest BCUT2D eigenvalue weighted by Crippen LogP contribution is 2.18. The van der Waals surface area contributed by atoms with Gasteiger partial charge in [-0.2, -0.15) is 5.10 Å². The molecule has 18 heavy (non-hydrogen) atoms. The normalized spacial score (nSPS) is 13.3. The summed E-state index contributed by atoms with van der Waals surface area (Å²) in [5.41, 5.74) is 3.08. The Labute approximate surface area is 112 Å². The van der Waals surface area contributed by atoms with Gasteiger partial charge < -0.3 is 9.72 Å². The molecule has 0 bridgehead atoms. The number of H-pyrrole nitrogens is 1. The lowest BCUT2D eigenvalue weighted by molar-refractivity contribution is 0.0643. The predicted octanol–water partition coefficient (Wildman–Crippen LogP) is 2.65. The van der Waals surface area contributed by atoms with Crippen LogP contribution < -0.4 is 0 Å². The monoisotopic (exact) mass is 268 g/mol. The number of aromatic amines is 1. The van der Waals surface area contributed by atoms with Crippen LogP contribution in [-0.2, 0) is 17.8 Å². The molecule has 1 N–H and O–H groups in total. The molecule has 0 spiro atoms. The molecule has 1 unspecified atom stereocenters. The Morgan fingerprint density at radius 1 is 1.44 bits per heavy atom. The third-order valence-corrected chi connectivity index (χ3v) is 3.35. The molecule has 0 radical (unpaired) electrons. The minimum absolute atomic E-state index is 0.140. The molecule has 0 fully saturated rings. The van der Waals surface area contributed by atoms with Crippen LogP contribution in [0.1, 0.15) is 26.5 Å². The van der Waals surface area contributed by atoms with E-state index in [2.05, 4.69) is 28.5 Å². The average molecular weight is 268 g/mol. The van der Waals surface area contributed by atoms with Gasteiger partial charge >= 0.3 is 0 Å². The number of rotatable bonds is 5. The molecule has 2 aromatic rings. The smallest absolute Gasteiger partial charge is 0.179 e. The first kappa shape index (κ1) is 13.3. The van der Waals surface area contributed by atoms with Crippen molar-refractivity contribution in [3.8, 4) is 0 Å². The van der Waals surface area contributed by atoms with Gasteiger partial charge in [0, 0.05) is 13.2 Å². The van der Waals surface area contributed by atoms with E-state index in [0.29, 0.717) is 6.61 Å². The molecule has 1 atom stereocenters. The van der Waals surface area contributed by atoms with Crippen LogP contribution in [0.2, 0.25) is 0 Å². The number of nitrogens with one attached hydrogen (secondary N) is 1. The Morgan fingerprint density at radius 2 is 2.17 bits per heavy atom. The van der Waals surface area contributed by atoms with E-state index in [1.165, 1.54) is 0 Å². The lowest BCUT2D eigenvalue weighted by Crippen LogP contribution is -2.17. The van der Waals surface area contributed by atoms with Gasteiger partial charge in [-0.15, -0.1) is 0 Å². The summed E-state index contributed by atoms with van der Waals surface area (Å²) in [4.78, 5) is 3.24. The van der Waals surface area contributed by atoms with Crippen molar-refractivity contribution in [2.24, 2.45) is 0 Å². The van der Waals surface area contributed by atoms with Crippen LogP contribution in [0.15, 0.2) is 0 Å². The summed E-state index contributed by atoms with van der Waals surface area (Å²) in [6, 6.07) is 0. The quantitative estimate of drug-likeness (QED) is 0.848. The van der Waals surface area contributed by atoms with Gasteiger partial charge in [0.15, 0.2) is 10.4 Å². The first-order valence-corrected chi connectivity index (χ1v) is 6.76. The number of nitrogens with zero attached hydrogens (tertiary/aromatic N) is 3. The maximum Gasteiger partial charge on any atom is 0.179 e. The van der Waals surface area contributed by atoms with Gasteiger partial charge in [-0.25, -0.2) is 4.68 Å². The Morgan fingerprint density at radius 3 is 2.78 bits per heavy atom. The summed E-state index contributed by atoms with van der Waals surface area (Å²) in [6.45, 7) is 10.4. The fourth-order valence-corrected chi connectivity index (χ4v) is 2.51. The van der Waals surface area contributed by atoms with Gasteiger partial charge in [0.1, 0.15) is 5.52 Å². The Kier molecular flexibility index (Phi) is 3.87. The molecule has 2 heterocycles. The largest absolute Gasteiger partial charge is 0.377 e. The van der Waals surface area contributed by atoms with Crippen molar-refractivity contribution in [2.75, 3.05) is 6.61 Å². The Balaban J connectivity index is 2.48. The zero-order chi connectivity index (χ0) is 13.3. The van der Waals surface area contributed by atoms with Crippen LogP contribution in [0.3, 0.4) is 0 Å². The van der Waals surface area contributed by atoms with Crippen LogP contribution in [0, 0.1) is 11.7 Å². The van der Waals surface area contributed by atoms with E-state index in [1.54, 1.807) is 0 Å². The highest BCUT2D eigenvalue weighted by molar-refractivity contribution is 7.71. The molecular weight excluding hydrogens is 248 g/mol. The van der Waals surface area contributed by atoms with Gasteiger partial charge in [0.25, 0.3) is 0 Å². The van der Waals surface area contributed by atoms with E-state index in [9.17, 15) is 0 Å². The molecule has 0 amide bonds. The van der Waals surface area contributed by atoms with Crippen LogP contribution >= 0.6 is 12.2 Å². The van der Waals surface area contributed by atoms with Gasteiger partial charge in [-0.3, -0.25) is 4.57 Å². The molecule has 0 aliphatic rings. The summed E-state index contributed by atoms with van der Waals surface area (Å²) >= 11 is 5.39. The van der Waals surface area contributed by atoms with Crippen molar-refractivity contribution < 1.29 is 4.74 Å². The molecule has 5 nitrogen and oxygen atoms in total. The second kappa shape index (κ2) is 5.24. The standard InChI is InChI=1S/C12H20N4OS/c1-5-16-11-10(9(4)14-16)13-12(18)15(11)7-8(3)17-6-2/h8H,5-7H2,1-4H3,(H,13,18). The molecule has 2 aromatic heterocycles. The summed E-state index contributed by atoms with van der Waals surface area (Å²) in [5, 5.41) is 4.50. The zero-order valence-corrected chi connectivity index (χ0v) is 12.2. The fourth-order valence-electron chi connectivity index (χ4n) is 2.24. The van der Waals surface area contributed by atoms with Crippen LogP contribution in [0.4, 0.5) is 0 Å². The van der Waals surface area contributed by atoms with Crippen molar-refractivity contribution in [2.45, 2.75) is 46.9 Å². The third kappa shape index (κ3) is 2.22. The van der Waals surface area contributed by atoms with Crippen LogP contribution in [0.5, 0.6) is 0 Å². The fraction of sp³-hybridized carbons (Fsp3) is 0.667. The summed E-state index contributed by atoms with van der Waals surface area (Å²) in [6.07, 6.45) is 0.140. The van der Waals surface area contributed by atoms with E-state index in [0.717, 1.165) is 34.7 Å².